The van der Waals surface area contributed by atoms with Crippen LogP contribution >= 0.6 is 0 Å². The van der Waals surface area contributed by atoms with Crippen LogP contribution in [-0.2, 0) is 13.0 Å². The molecule has 0 amide bonds. The van der Waals surface area contributed by atoms with Crippen LogP contribution in [-0.4, -0.2) is 20.8 Å². The maximum absolute atomic E-state index is 5.98. The maximum Gasteiger partial charge on any atom is 0.136 e. The number of hydrogen-bond donors (Lipinski definition) is 1. The molecule has 0 spiro atoms. The van der Waals surface area contributed by atoms with Crippen molar-refractivity contribution in [2.45, 2.75) is 51.1 Å². The van der Waals surface area contributed by atoms with Crippen LogP contribution in [0.1, 0.15) is 43.8 Å². The van der Waals surface area contributed by atoms with Crippen molar-refractivity contribution in [3.8, 4) is 0 Å². The lowest BCUT2D eigenvalue weighted by Crippen LogP contribution is -2.34. The Labute approximate surface area is 89.9 Å². The van der Waals surface area contributed by atoms with Crippen LogP contribution in [0.3, 0.4) is 0 Å². The van der Waals surface area contributed by atoms with E-state index in [1.54, 1.807) is 0 Å². The molecule has 15 heavy (non-hydrogen) atoms. The average molecular weight is 206 g/mol. The van der Waals surface area contributed by atoms with Gasteiger partial charge in [-0.15, -0.1) is 10.2 Å². The minimum Gasteiger partial charge on any atom is -0.328 e. The summed E-state index contributed by atoms with van der Waals surface area (Å²) in [7, 11) is 0. The minimum absolute atomic E-state index is 0.285. The number of hydrogen-bond acceptors (Lipinski definition) is 3. The number of fused-ring (bicyclic) bond motifs is 1. The van der Waals surface area contributed by atoms with Crippen LogP contribution in [0.4, 0.5) is 0 Å². The molecule has 4 heteroatoms. The second kappa shape index (κ2) is 3.30. The van der Waals surface area contributed by atoms with Gasteiger partial charge in [-0.25, -0.2) is 0 Å². The van der Waals surface area contributed by atoms with Crippen LogP contribution in [0.5, 0.6) is 0 Å². The first-order chi connectivity index (χ1) is 7.25. The highest BCUT2D eigenvalue weighted by molar-refractivity contribution is 5.10. The van der Waals surface area contributed by atoms with E-state index in [1.807, 2.05) is 0 Å². The van der Waals surface area contributed by atoms with Gasteiger partial charge < -0.3 is 10.3 Å². The molecule has 2 N–H and O–H groups in total. The van der Waals surface area contributed by atoms with Crippen molar-refractivity contribution in [1.29, 1.82) is 0 Å². The second-order valence-corrected chi connectivity index (χ2v) is 5.02. The van der Waals surface area contributed by atoms with Crippen LogP contribution in [0, 0.1) is 5.92 Å². The van der Waals surface area contributed by atoms with Crippen LogP contribution in [0.2, 0.25) is 0 Å². The summed E-state index contributed by atoms with van der Waals surface area (Å²) in [6.07, 6.45) is 4.80. The molecule has 0 aromatic carbocycles. The molecule has 0 saturated heterocycles. The summed E-state index contributed by atoms with van der Waals surface area (Å²) in [5.41, 5.74) is 5.98. The Morgan fingerprint density at radius 3 is 2.80 bits per heavy atom. The van der Waals surface area contributed by atoms with Crippen molar-refractivity contribution in [3.05, 3.63) is 11.6 Å². The molecule has 0 radical (unpaired) electrons. The third-order valence-corrected chi connectivity index (χ3v) is 3.70. The molecule has 2 unspecified atom stereocenters. The topological polar surface area (TPSA) is 56.7 Å². The van der Waals surface area contributed by atoms with E-state index in [1.165, 1.54) is 30.9 Å². The number of aromatic nitrogens is 3. The first-order valence-corrected chi connectivity index (χ1v) is 5.93. The normalized spacial score (nSPS) is 27.5. The van der Waals surface area contributed by atoms with E-state index in [0.717, 1.165) is 13.0 Å². The molecular formula is C11H18N4. The highest BCUT2D eigenvalue weighted by Gasteiger charge is 2.33. The van der Waals surface area contributed by atoms with Crippen molar-refractivity contribution in [1.82, 2.24) is 14.8 Å². The van der Waals surface area contributed by atoms with Crippen LogP contribution < -0.4 is 5.73 Å². The fraction of sp³-hybridized carbons (Fsp3) is 0.818. The van der Waals surface area contributed by atoms with Gasteiger partial charge in [-0.05, 0) is 32.1 Å². The van der Waals surface area contributed by atoms with E-state index in [9.17, 15) is 0 Å². The molecule has 2 heterocycles. The summed E-state index contributed by atoms with van der Waals surface area (Å²) in [5, 5.41) is 8.61. The van der Waals surface area contributed by atoms with Gasteiger partial charge in [-0.3, -0.25) is 0 Å². The molecule has 4 nitrogen and oxygen atoms in total. The summed E-state index contributed by atoms with van der Waals surface area (Å²) < 4.78 is 2.33. The Bertz CT molecular complexity index is 365. The highest BCUT2D eigenvalue weighted by Crippen LogP contribution is 2.40. The Morgan fingerprint density at radius 1 is 1.33 bits per heavy atom. The van der Waals surface area contributed by atoms with E-state index in [0.29, 0.717) is 11.8 Å². The maximum atomic E-state index is 5.98. The third kappa shape index (κ3) is 1.57. The second-order valence-electron chi connectivity index (χ2n) is 5.02. The fourth-order valence-electron chi connectivity index (χ4n) is 2.45. The molecule has 2 atom stereocenters. The van der Waals surface area contributed by atoms with Gasteiger partial charge in [0.15, 0.2) is 0 Å². The first-order valence-electron chi connectivity index (χ1n) is 5.93. The zero-order chi connectivity index (χ0) is 10.4. The molecule has 1 aromatic heterocycles. The molecule has 0 bridgehead atoms. The standard InChI is InChI=1S/C11H18N4/c1-7(12)9-4-5-10-13-14-11(8-2-3-8)15(10)6-9/h7-9H,2-6,12H2,1H3. The number of nitrogens with two attached hydrogens (primary N) is 1. The molecule has 1 aliphatic carbocycles. The third-order valence-electron chi connectivity index (χ3n) is 3.70. The number of rotatable bonds is 2. The molecule has 82 valence electrons. The zero-order valence-electron chi connectivity index (χ0n) is 9.19. The lowest BCUT2D eigenvalue weighted by Gasteiger charge is -2.27. The molecular weight excluding hydrogens is 188 g/mol. The Balaban J connectivity index is 1.88. The summed E-state index contributed by atoms with van der Waals surface area (Å²) >= 11 is 0. The number of nitrogens with zero attached hydrogens (tertiary/aromatic N) is 3. The average Bonchev–Trinajstić information content (AvgIpc) is 2.98. The van der Waals surface area contributed by atoms with Crippen LogP contribution in [0.25, 0.3) is 0 Å². The van der Waals surface area contributed by atoms with Crippen molar-refractivity contribution in [3.63, 3.8) is 0 Å². The molecule has 1 aromatic rings. The molecule has 1 aliphatic heterocycles. The van der Waals surface area contributed by atoms with E-state index in [2.05, 4.69) is 21.7 Å². The van der Waals surface area contributed by atoms with Gasteiger partial charge in [0.05, 0.1) is 0 Å². The summed E-state index contributed by atoms with van der Waals surface area (Å²) in [4.78, 5) is 0. The quantitative estimate of drug-likeness (QED) is 0.787. The molecule has 2 aliphatic rings. The van der Waals surface area contributed by atoms with Gasteiger partial charge in [0.25, 0.3) is 0 Å². The molecule has 3 rings (SSSR count). The van der Waals surface area contributed by atoms with E-state index in [4.69, 9.17) is 5.73 Å². The van der Waals surface area contributed by atoms with Gasteiger partial charge in [0.1, 0.15) is 11.6 Å². The van der Waals surface area contributed by atoms with Crippen LogP contribution in [0.15, 0.2) is 0 Å². The smallest absolute Gasteiger partial charge is 0.136 e. The van der Waals surface area contributed by atoms with Gasteiger partial charge in [0, 0.05) is 24.9 Å². The predicted molar refractivity (Wildman–Crippen MR) is 57.5 cm³/mol. The monoisotopic (exact) mass is 206 g/mol. The van der Waals surface area contributed by atoms with Crippen molar-refractivity contribution in [2.75, 3.05) is 0 Å². The Kier molecular flexibility index (Phi) is 2.06. The Morgan fingerprint density at radius 2 is 2.13 bits per heavy atom. The SMILES string of the molecule is CC(N)C1CCc2nnc(C3CC3)n2C1. The van der Waals surface area contributed by atoms with E-state index in [-0.39, 0.29) is 6.04 Å². The Hall–Kier alpha value is -0.900. The minimum atomic E-state index is 0.285. The van der Waals surface area contributed by atoms with Crippen molar-refractivity contribution >= 4 is 0 Å². The molecule has 1 saturated carbocycles. The number of aryl methyl sites for hydroxylation is 1. The van der Waals surface area contributed by atoms with Gasteiger partial charge in [-0.1, -0.05) is 0 Å². The predicted octanol–water partition coefficient (Wildman–Crippen LogP) is 1.07. The van der Waals surface area contributed by atoms with Crippen molar-refractivity contribution < 1.29 is 0 Å². The van der Waals surface area contributed by atoms with Gasteiger partial charge >= 0.3 is 0 Å². The molecule has 1 fully saturated rings. The lowest BCUT2D eigenvalue weighted by atomic mass is 9.93. The van der Waals surface area contributed by atoms with E-state index < -0.39 is 0 Å². The summed E-state index contributed by atoms with van der Waals surface area (Å²) in [6, 6.07) is 0.285. The highest BCUT2D eigenvalue weighted by atomic mass is 15.3. The van der Waals surface area contributed by atoms with Gasteiger partial charge in [-0.2, -0.15) is 0 Å². The largest absolute Gasteiger partial charge is 0.328 e. The summed E-state index contributed by atoms with van der Waals surface area (Å²) in [6.45, 7) is 3.14. The lowest BCUT2D eigenvalue weighted by molar-refractivity contribution is 0.316. The fourth-order valence-corrected chi connectivity index (χ4v) is 2.45. The first kappa shape index (κ1) is 9.33. The van der Waals surface area contributed by atoms with Crippen molar-refractivity contribution in [2.24, 2.45) is 11.7 Å². The summed E-state index contributed by atoms with van der Waals surface area (Å²) in [5.74, 6) is 3.69. The van der Waals surface area contributed by atoms with E-state index >= 15 is 0 Å². The van der Waals surface area contributed by atoms with Gasteiger partial charge in [0.2, 0.25) is 0 Å². The zero-order valence-corrected chi connectivity index (χ0v) is 9.19.